The minimum atomic E-state index is -0.588. The summed E-state index contributed by atoms with van der Waals surface area (Å²) in [6.45, 7) is 3.91. The normalized spacial score (nSPS) is 45.8. The van der Waals surface area contributed by atoms with Gasteiger partial charge in [-0.3, -0.25) is 0 Å². The second kappa shape index (κ2) is 31.0. The van der Waals surface area contributed by atoms with E-state index in [0.29, 0.717) is 62.3 Å². The van der Waals surface area contributed by atoms with Gasteiger partial charge in [-0.25, -0.2) is 0 Å². The molecule has 8 fully saturated rings. The first kappa shape index (κ1) is 62.5. The van der Waals surface area contributed by atoms with Gasteiger partial charge in [0.1, 0.15) is 0 Å². The summed E-state index contributed by atoms with van der Waals surface area (Å²) in [6, 6.07) is -0.811. The number of hydrogen-bond acceptors (Lipinski definition) is 17. The number of hydrogen-bond donors (Lipinski definition) is 13. The number of aliphatic hydroxyl groups excluding tert-OH is 8. The third-order valence-electron chi connectivity index (χ3n) is 13.1. The van der Waals surface area contributed by atoms with Crippen molar-refractivity contribution in [3.63, 3.8) is 0 Å². The van der Waals surface area contributed by atoms with E-state index >= 15 is 0 Å². The molecule has 370 valence electrons. The summed E-state index contributed by atoms with van der Waals surface area (Å²) < 4.78 is 15.8. The number of aliphatic hydroxyl groups is 8. The molecular weight excluding hydrogens is 973 g/mol. The summed E-state index contributed by atoms with van der Waals surface area (Å²) in [7, 11) is 0. The third-order valence-corrected chi connectivity index (χ3v) is 15.1. The fourth-order valence-electron chi connectivity index (χ4n) is 8.33. The Labute approximate surface area is 419 Å². The van der Waals surface area contributed by atoms with Crippen molar-refractivity contribution >= 4 is 31.9 Å². The number of ether oxygens (including phenoxy) is 3. The molecule has 0 amide bonds. The van der Waals surface area contributed by atoms with Gasteiger partial charge in [0.25, 0.3) is 0 Å². The van der Waals surface area contributed by atoms with Crippen LogP contribution in [0.4, 0.5) is 0 Å². The average Bonchev–Trinajstić information content (AvgIpc) is 4.15. The maximum absolute atomic E-state index is 9.25. The summed E-state index contributed by atoms with van der Waals surface area (Å²) in [5.41, 5.74) is 22.1. The number of halogens is 2. The van der Waals surface area contributed by atoms with Gasteiger partial charge in [0, 0.05) is 72.3 Å². The van der Waals surface area contributed by atoms with Gasteiger partial charge in [-0.15, -0.1) is 0 Å². The zero-order chi connectivity index (χ0) is 45.0. The Morgan fingerprint density at radius 2 is 0.719 bits per heavy atom. The second-order valence-corrected chi connectivity index (χ2v) is 20.9. The molecule has 20 heteroatoms. The number of allylic oxidation sites excluding steroid dienone is 5. The van der Waals surface area contributed by atoms with Gasteiger partial charge in [0.05, 0.1) is 85.5 Å². The molecule has 0 spiro atoms. The summed E-state index contributed by atoms with van der Waals surface area (Å²) in [4.78, 5) is 0.550. The molecule has 0 aromatic rings. The maximum Gasteiger partial charge on any atom is 1.00 e. The number of alkyl halides is 2. The molecule has 3 aliphatic heterocycles. The van der Waals surface area contributed by atoms with Gasteiger partial charge in [0.15, 0.2) is 0 Å². The molecule has 17 nitrogen and oxygen atoms in total. The largest absolute Gasteiger partial charge is 1.00 e. The van der Waals surface area contributed by atoms with Gasteiger partial charge < -0.3 is 89.6 Å². The Morgan fingerprint density at radius 1 is 0.391 bits per heavy atom. The Morgan fingerprint density at radius 3 is 1.02 bits per heavy atom. The first-order valence-electron chi connectivity index (χ1n) is 22.5. The summed E-state index contributed by atoms with van der Waals surface area (Å²) in [6.07, 6.45) is 24.1. The van der Waals surface area contributed by atoms with Crippen LogP contribution in [0.15, 0.2) is 36.5 Å². The predicted molar refractivity (Wildman–Crippen MR) is 249 cm³/mol. The van der Waals surface area contributed by atoms with E-state index in [4.69, 9.17) is 52.5 Å². The Hall–Kier alpha value is 0.500. The van der Waals surface area contributed by atoms with Crippen molar-refractivity contribution in [2.24, 2.45) is 34.8 Å². The number of nitrogens with two attached hydrogens (primary N) is 4. The molecule has 0 bridgehead atoms. The monoisotopic (exact) mass is 1050 g/mol. The summed E-state index contributed by atoms with van der Waals surface area (Å²) in [5, 5.41) is 73.4. The van der Waals surface area contributed by atoms with Crippen LogP contribution in [-0.2, 0) is 14.2 Å². The van der Waals surface area contributed by atoms with Crippen molar-refractivity contribution in [1.82, 2.24) is 6.15 Å². The maximum atomic E-state index is 9.25. The third kappa shape index (κ3) is 22.1. The Balaban J connectivity index is 0.000000372. The summed E-state index contributed by atoms with van der Waals surface area (Å²) >= 11 is 6.74. The molecule has 22 atom stereocenters. The SMILES string of the molecule is C1=CCC=CC1.C1[C@@H]2O[C@@H]2C[C@@H]2O[C@H]12.C[C@@H]1C[C@H](N)[C@@H](O)C[C@H]1O.C[C@H]1C[C@@H](N)[C@H](O)C[C@@H]1O.N.N[C@@H]1C[C@H](N)[C@@H](O)C[C@H]1O.O[C@@H]1CC=CC[C@H]1Br.O[C@@H]1C[C@@H]2O[C@@H]2C[C@H]1Br.[Na+].[OH-]. The Bertz CT molecular complexity index is 1150. The quantitative estimate of drug-likeness (QED) is 0.0563. The number of fused-ring (bicyclic) bond motifs is 3. The van der Waals surface area contributed by atoms with Gasteiger partial charge in [-0.2, -0.15) is 0 Å². The van der Waals surface area contributed by atoms with Crippen LogP contribution in [-0.4, -0.2) is 166 Å². The van der Waals surface area contributed by atoms with E-state index in [-0.39, 0.29) is 111 Å². The fourth-order valence-corrected chi connectivity index (χ4v) is 9.35. The van der Waals surface area contributed by atoms with E-state index in [2.05, 4.69) is 62.2 Å². The minimum absolute atomic E-state index is 0. The fraction of sp³-hybridized carbons (Fsp3) is 0.864. The first-order valence-corrected chi connectivity index (χ1v) is 24.3. The van der Waals surface area contributed by atoms with Gasteiger partial charge in [-0.05, 0) is 63.2 Å². The van der Waals surface area contributed by atoms with Crippen molar-refractivity contribution in [2.75, 3.05) is 0 Å². The number of epoxide rings is 3. The van der Waals surface area contributed by atoms with Crippen LogP contribution in [0.2, 0.25) is 0 Å². The topological polar surface area (TPSA) is 369 Å². The average molecular weight is 1060 g/mol. The molecule has 0 unspecified atom stereocenters. The molecule has 7 aliphatic carbocycles. The van der Waals surface area contributed by atoms with Crippen molar-refractivity contribution in [1.29, 1.82) is 0 Å². The zero-order valence-corrected chi connectivity index (χ0v) is 43.3. The van der Waals surface area contributed by atoms with Crippen LogP contribution in [0, 0.1) is 11.8 Å². The van der Waals surface area contributed by atoms with Gasteiger partial charge >= 0.3 is 29.6 Å². The molecule has 0 radical (unpaired) electrons. The molecule has 3 saturated heterocycles. The molecule has 10 aliphatic rings. The van der Waals surface area contributed by atoms with E-state index in [1.165, 1.54) is 12.8 Å². The molecule has 64 heavy (non-hydrogen) atoms. The predicted octanol–water partition coefficient (Wildman–Crippen LogP) is -1.58. The van der Waals surface area contributed by atoms with E-state index in [1.54, 1.807) is 0 Å². The molecule has 10 rings (SSSR count). The Kier molecular flexibility index (Phi) is 30.2. The molecule has 20 N–H and O–H groups in total. The molecule has 5 saturated carbocycles. The molecule has 3 heterocycles. The van der Waals surface area contributed by atoms with Crippen LogP contribution < -0.4 is 58.6 Å². The van der Waals surface area contributed by atoms with Crippen LogP contribution >= 0.6 is 31.9 Å². The van der Waals surface area contributed by atoms with Crippen LogP contribution in [0.1, 0.15) is 104 Å². The molecule has 0 aromatic heterocycles. The van der Waals surface area contributed by atoms with Crippen molar-refractivity contribution in [3.05, 3.63) is 36.5 Å². The smallest absolute Gasteiger partial charge is 0.870 e. The standard InChI is InChI=1S/2C7H15NO2.C6H9BrO2.C6H9BrO.C6H14N2O2.C6H8O2.C6H8.H3N.Na.H2O/c2*1-4-2-5(8)7(10)3-6(4)9;7-3-1-5-6(9-5)2-4(3)8;7-5-3-1-2-4-6(5)8;7-3-1-4(8)6(10)2-5(3)9;1-3-5(7-3)2-6-4(1)8-6;1-2-4-6-5-3-1;;;/h2*4-7,9-10H,2-3,8H2,1H3;3-6,8H,1-2H2;1-2,5-6,8H,3-4H2;3-6,9-10H,1-2,7-8H2;3-6H,1-2H2;1-2,5-6H,3-4H2;1H3;;1H2/q;;;;;;;;+1;/p-1/t2*4-,5+,6-,7+;3-,4-,5-,6+;5-,6-;3-,4+,5-,6+;3-,4+,5+,6-;;;;/m1011....../s1. The van der Waals surface area contributed by atoms with Gasteiger partial charge in [0.2, 0.25) is 0 Å². The second-order valence-electron chi connectivity index (χ2n) is 18.5. The van der Waals surface area contributed by atoms with E-state index in [0.717, 1.165) is 51.4 Å². The zero-order valence-electron chi connectivity index (χ0n) is 38.1. The van der Waals surface area contributed by atoms with Crippen molar-refractivity contribution < 1.29 is 90.1 Å². The van der Waals surface area contributed by atoms with Crippen LogP contribution in [0.5, 0.6) is 0 Å². The summed E-state index contributed by atoms with van der Waals surface area (Å²) in [5.74, 6) is 0.469. The van der Waals surface area contributed by atoms with Crippen molar-refractivity contribution in [2.45, 2.75) is 223 Å². The van der Waals surface area contributed by atoms with Gasteiger partial charge in [-0.1, -0.05) is 82.2 Å². The van der Waals surface area contributed by atoms with E-state index in [9.17, 15) is 25.5 Å². The van der Waals surface area contributed by atoms with Crippen LogP contribution in [0.25, 0.3) is 0 Å². The molecule has 0 aromatic carbocycles. The first-order chi connectivity index (χ1) is 28.8. The number of rotatable bonds is 0. The van der Waals surface area contributed by atoms with E-state index < -0.39 is 24.4 Å². The van der Waals surface area contributed by atoms with Crippen LogP contribution in [0.3, 0.4) is 0 Å². The van der Waals surface area contributed by atoms with Crippen molar-refractivity contribution in [3.8, 4) is 0 Å². The molecular formula is C44H82Br2N5NaO12. The van der Waals surface area contributed by atoms with E-state index in [1.807, 2.05) is 19.9 Å². The minimum Gasteiger partial charge on any atom is -0.870 e.